The van der Waals surface area contributed by atoms with Gasteiger partial charge in [-0.05, 0) is 30.7 Å². The van der Waals surface area contributed by atoms with Crippen LogP contribution in [0.5, 0.6) is 5.75 Å². The average molecular weight is 378 g/mol. The van der Waals surface area contributed by atoms with Crippen molar-refractivity contribution in [3.63, 3.8) is 0 Å². The number of carbonyl (C=O) groups excluding carboxylic acids is 1. The van der Waals surface area contributed by atoms with Crippen LogP contribution < -0.4 is 10.3 Å². The van der Waals surface area contributed by atoms with Crippen molar-refractivity contribution in [3.05, 3.63) is 57.4 Å². The highest BCUT2D eigenvalue weighted by molar-refractivity contribution is 5.86. The molecule has 3 aromatic rings. The van der Waals surface area contributed by atoms with Crippen LogP contribution in [0.2, 0.25) is 0 Å². The van der Waals surface area contributed by atoms with Crippen molar-refractivity contribution in [2.45, 2.75) is 32.1 Å². The first-order valence-corrected chi connectivity index (χ1v) is 9.11. The summed E-state index contributed by atoms with van der Waals surface area (Å²) in [6, 6.07) is 9.37. The highest BCUT2D eigenvalue weighted by atomic mass is 16.6. The van der Waals surface area contributed by atoms with Gasteiger partial charge in [0.1, 0.15) is 12.4 Å². The number of pyridine rings is 2. The number of methoxy groups -OCH3 is 1. The molecule has 7 heteroatoms. The van der Waals surface area contributed by atoms with E-state index in [4.69, 9.17) is 14.5 Å². The molecule has 2 aliphatic rings. The summed E-state index contributed by atoms with van der Waals surface area (Å²) in [5.74, 6) is -0.0230. The van der Waals surface area contributed by atoms with E-state index in [1.807, 2.05) is 24.3 Å². The van der Waals surface area contributed by atoms with Crippen LogP contribution in [0.3, 0.4) is 0 Å². The van der Waals surface area contributed by atoms with Crippen molar-refractivity contribution in [2.75, 3.05) is 7.11 Å². The SMILES string of the molecule is CC[C@@]1(O)C(=O)OCc2c1cc1n(c2=O)Cc2cc3ccc(OC)cc3nc2-1. The number of fused-ring (bicyclic) bond motifs is 5. The molecule has 7 nitrogen and oxygen atoms in total. The normalized spacial score (nSPS) is 19.8. The smallest absolute Gasteiger partial charge is 0.343 e. The van der Waals surface area contributed by atoms with Gasteiger partial charge >= 0.3 is 5.97 Å². The Labute approximate surface area is 160 Å². The van der Waals surface area contributed by atoms with E-state index < -0.39 is 11.6 Å². The highest BCUT2D eigenvalue weighted by Gasteiger charge is 2.45. The lowest BCUT2D eigenvalue weighted by atomic mass is 9.86. The molecular weight excluding hydrogens is 360 g/mol. The van der Waals surface area contributed by atoms with Gasteiger partial charge in [-0.15, -0.1) is 0 Å². The van der Waals surface area contributed by atoms with Crippen LogP contribution in [0.1, 0.15) is 30.0 Å². The van der Waals surface area contributed by atoms with Crippen molar-refractivity contribution in [2.24, 2.45) is 0 Å². The third-order valence-corrected chi connectivity index (χ3v) is 5.72. The molecule has 0 radical (unpaired) electrons. The second kappa shape index (κ2) is 5.65. The van der Waals surface area contributed by atoms with Crippen LogP contribution in [0.4, 0.5) is 0 Å². The minimum Gasteiger partial charge on any atom is -0.497 e. The fourth-order valence-corrected chi connectivity index (χ4v) is 4.08. The summed E-state index contributed by atoms with van der Waals surface area (Å²) in [6.45, 7) is 1.95. The van der Waals surface area contributed by atoms with Gasteiger partial charge in [-0.25, -0.2) is 9.78 Å². The van der Waals surface area contributed by atoms with Gasteiger partial charge in [0.15, 0.2) is 5.60 Å². The Morgan fingerprint density at radius 1 is 1.29 bits per heavy atom. The number of esters is 1. The summed E-state index contributed by atoms with van der Waals surface area (Å²) < 4.78 is 12.0. The lowest BCUT2D eigenvalue weighted by Gasteiger charge is -2.31. The van der Waals surface area contributed by atoms with E-state index in [2.05, 4.69) is 0 Å². The van der Waals surface area contributed by atoms with Gasteiger partial charge < -0.3 is 19.1 Å². The van der Waals surface area contributed by atoms with Gasteiger partial charge in [-0.2, -0.15) is 0 Å². The molecule has 142 valence electrons. The molecule has 4 heterocycles. The van der Waals surface area contributed by atoms with E-state index in [1.54, 1.807) is 24.7 Å². The Bertz CT molecular complexity index is 1230. The number of benzene rings is 1. The zero-order valence-electron chi connectivity index (χ0n) is 15.5. The van der Waals surface area contributed by atoms with Crippen LogP contribution >= 0.6 is 0 Å². The van der Waals surface area contributed by atoms with Crippen LogP contribution in [0, 0.1) is 0 Å². The third kappa shape index (κ3) is 2.10. The fraction of sp³-hybridized carbons (Fsp3) is 0.286. The molecule has 1 aromatic carbocycles. The molecule has 2 aromatic heterocycles. The molecular formula is C21H18N2O5. The third-order valence-electron chi connectivity index (χ3n) is 5.72. The Morgan fingerprint density at radius 3 is 2.86 bits per heavy atom. The van der Waals surface area contributed by atoms with E-state index in [9.17, 15) is 14.7 Å². The number of hydrogen-bond acceptors (Lipinski definition) is 6. The van der Waals surface area contributed by atoms with Crippen molar-refractivity contribution in [3.8, 4) is 17.1 Å². The molecule has 0 saturated heterocycles. The Hall–Kier alpha value is -3.19. The van der Waals surface area contributed by atoms with E-state index in [0.29, 0.717) is 34.8 Å². The van der Waals surface area contributed by atoms with Gasteiger partial charge in [-0.3, -0.25) is 4.79 Å². The van der Waals surface area contributed by atoms with Crippen molar-refractivity contribution in [1.29, 1.82) is 0 Å². The number of aromatic nitrogens is 2. The van der Waals surface area contributed by atoms with Crippen LogP contribution in [-0.2, 0) is 28.3 Å². The maximum atomic E-state index is 13.1. The van der Waals surface area contributed by atoms with Crippen molar-refractivity contribution < 1.29 is 19.4 Å². The zero-order chi connectivity index (χ0) is 19.6. The monoisotopic (exact) mass is 378 g/mol. The molecule has 1 atom stereocenters. The molecule has 1 N–H and O–H groups in total. The highest BCUT2D eigenvalue weighted by Crippen LogP contribution is 2.38. The summed E-state index contributed by atoms with van der Waals surface area (Å²) in [6.07, 6.45) is 0.122. The average Bonchev–Trinajstić information content (AvgIpc) is 3.07. The van der Waals surface area contributed by atoms with Gasteiger partial charge in [0.2, 0.25) is 0 Å². The number of ether oxygens (including phenoxy) is 2. The van der Waals surface area contributed by atoms with E-state index in [1.165, 1.54) is 0 Å². The second-order valence-electron chi connectivity index (χ2n) is 7.16. The first-order valence-electron chi connectivity index (χ1n) is 9.11. The minimum atomic E-state index is -1.81. The summed E-state index contributed by atoms with van der Waals surface area (Å²) in [5.41, 5.74) is 1.53. The molecule has 0 fully saturated rings. The first-order chi connectivity index (χ1) is 13.5. The lowest BCUT2D eigenvalue weighted by Crippen LogP contribution is -2.44. The Kier molecular flexibility index (Phi) is 3.42. The number of rotatable bonds is 2. The van der Waals surface area contributed by atoms with Crippen molar-refractivity contribution >= 4 is 16.9 Å². The van der Waals surface area contributed by atoms with E-state index in [0.717, 1.165) is 16.5 Å². The van der Waals surface area contributed by atoms with Gasteiger partial charge in [-0.1, -0.05) is 6.92 Å². The van der Waals surface area contributed by atoms with E-state index >= 15 is 0 Å². The molecule has 28 heavy (non-hydrogen) atoms. The molecule has 2 aliphatic heterocycles. The standard InChI is InChI=1S/C21H18N2O5/c1-3-21(26)15-8-17-18-12(6-11-4-5-13(27-2)7-16(11)22-18)9-23(17)19(24)14(15)10-28-20(21)25/h4-8,26H,3,9-10H2,1-2H3/t21-/m0/s1. The largest absolute Gasteiger partial charge is 0.497 e. The fourth-order valence-electron chi connectivity index (χ4n) is 4.08. The summed E-state index contributed by atoms with van der Waals surface area (Å²) in [5, 5.41) is 11.8. The quantitative estimate of drug-likeness (QED) is 0.537. The van der Waals surface area contributed by atoms with Crippen molar-refractivity contribution in [1.82, 2.24) is 9.55 Å². The predicted molar refractivity (Wildman–Crippen MR) is 101 cm³/mol. The van der Waals surface area contributed by atoms with E-state index in [-0.39, 0.29) is 18.6 Å². The number of nitrogens with zero attached hydrogens (tertiary/aromatic N) is 2. The molecule has 0 aliphatic carbocycles. The molecule has 0 unspecified atom stereocenters. The number of carbonyl (C=O) groups is 1. The Morgan fingerprint density at radius 2 is 2.11 bits per heavy atom. The molecule has 0 amide bonds. The molecule has 0 bridgehead atoms. The van der Waals surface area contributed by atoms with Gasteiger partial charge in [0.25, 0.3) is 5.56 Å². The number of aliphatic hydroxyl groups is 1. The van der Waals surface area contributed by atoms with Gasteiger partial charge in [0, 0.05) is 22.6 Å². The summed E-state index contributed by atoms with van der Waals surface area (Å²) in [4.78, 5) is 30.0. The summed E-state index contributed by atoms with van der Waals surface area (Å²) >= 11 is 0. The number of hydrogen-bond donors (Lipinski definition) is 1. The zero-order valence-corrected chi connectivity index (χ0v) is 15.5. The molecule has 0 saturated carbocycles. The van der Waals surface area contributed by atoms with Crippen LogP contribution in [0.25, 0.3) is 22.3 Å². The Balaban J connectivity index is 1.78. The van der Waals surface area contributed by atoms with Crippen LogP contribution in [0.15, 0.2) is 35.1 Å². The van der Waals surface area contributed by atoms with Gasteiger partial charge in [0.05, 0.1) is 36.1 Å². The maximum Gasteiger partial charge on any atom is 0.343 e. The minimum absolute atomic E-state index is 0.122. The van der Waals surface area contributed by atoms with Crippen LogP contribution in [-0.4, -0.2) is 27.7 Å². The summed E-state index contributed by atoms with van der Waals surface area (Å²) in [7, 11) is 1.60. The molecule has 5 rings (SSSR count). The second-order valence-corrected chi connectivity index (χ2v) is 7.16. The maximum absolute atomic E-state index is 13.1. The number of cyclic esters (lactones) is 1. The lowest BCUT2D eigenvalue weighted by molar-refractivity contribution is -0.172. The predicted octanol–water partition coefficient (Wildman–Crippen LogP) is 2.09. The first kappa shape index (κ1) is 16.9. The molecule has 0 spiro atoms. The topological polar surface area (TPSA) is 90.7 Å².